The summed E-state index contributed by atoms with van der Waals surface area (Å²) in [4.78, 5) is 18.3. The summed E-state index contributed by atoms with van der Waals surface area (Å²) in [6.07, 6.45) is 5.82. The standard InChI is InChI=1S/C23H25F3N4O3/c1-2-30(20-8-7-17(14-27)15-29-20)12-11-28-21(31)16-32-22(9-4-10-22)18-5-3-6-19(13-18)33-23(24,25)26/h5,7-8,11-13,15H,2-4,6,9-10,16H2,1H3,(H,28,31)/b12-11+. The van der Waals surface area contributed by atoms with Crippen molar-refractivity contribution in [3.63, 3.8) is 0 Å². The van der Waals surface area contributed by atoms with Crippen molar-refractivity contribution in [1.29, 1.82) is 5.26 Å². The number of ether oxygens (including phenoxy) is 2. The molecule has 0 atom stereocenters. The SMILES string of the molecule is CCN(/C=C/NC(=O)COC1(C2=CCCC(OC(F)(F)F)=C2)CCC1)c1ccc(C#N)cn1. The maximum absolute atomic E-state index is 12.6. The van der Waals surface area contributed by atoms with Crippen LogP contribution in [0.2, 0.25) is 0 Å². The van der Waals surface area contributed by atoms with Gasteiger partial charge >= 0.3 is 6.36 Å². The molecule has 10 heteroatoms. The number of nitriles is 1. The summed E-state index contributed by atoms with van der Waals surface area (Å²) in [5.74, 6) is 0.103. The zero-order valence-corrected chi connectivity index (χ0v) is 18.2. The Morgan fingerprint density at radius 3 is 2.76 bits per heavy atom. The first-order valence-corrected chi connectivity index (χ1v) is 10.6. The van der Waals surface area contributed by atoms with Crippen molar-refractivity contribution in [1.82, 2.24) is 10.3 Å². The van der Waals surface area contributed by atoms with Crippen molar-refractivity contribution < 1.29 is 27.4 Å². The van der Waals surface area contributed by atoms with Crippen molar-refractivity contribution in [3.8, 4) is 6.07 Å². The van der Waals surface area contributed by atoms with Gasteiger partial charge in [-0.2, -0.15) is 5.26 Å². The lowest BCUT2D eigenvalue weighted by atomic mass is 9.73. The third-order valence-corrected chi connectivity index (χ3v) is 5.50. The van der Waals surface area contributed by atoms with Gasteiger partial charge in [-0.25, -0.2) is 4.98 Å². The molecule has 0 aliphatic heterocycles. The zero-order chi connectivity index (χ0) is 23.9. The molecule has 176 valence electrons. The second kappa shape index (κ2) is 10.5. The predicted octanol–water partition coefficient (Wildman–Crippen LogP) is 4.45. The Bertz CT molecular complexity index is 974. The van der Waals surface area contributed by atoms with E-state index in [9.17, 15) is 18.0 Å². The minimum absolute atomic E-state index is 0.140. The number of carbonyl (C=O) groups is 1. The molecular weight excluding hydrogens is 437 g/mol. The molecule has 0 bridgehead atoms. The van der Waals surface area contributed by atoms with Gasteiger partial charge in [0.2, 0.25) is 5.91 Å². The first-order chi connectivity index (χ1) is 15.7. The summed E-state index contributed by atoms with van der Waals surface area (Å²) >= 11 is 0. The highest BCUT2D eigenvalue weighted by Crippen LogP contribution is 2.44. The molecule has 0 unspecified atom stereocenters. The van der Waals surface area contributed by atoms with Gasteiger partial charge in [0.05, 0.1) is 11.2 Å². The van der Waals surface area contributed by atoms with E-state index < -0.39 is 12.0 Å². The fourth-order valence-corrected chi connectivity index (χ4v) is 3.67. The summed E-state index contributed by atoms with van der Waals surface area (Å²) in [6, 6.07) is 5.37. The lowest BCUT2D eigenvalue weighted by Gasteiger charge is -2.43. The van der Waals surface area contributed by atoms with Crippen molar-refractivity contribution in [2.75, 3.05) is 18.1 Å². The summed E-state index contributed by atoms with van der Waals surface area (Å²) in [5, 5.41) is 11.5. The first kappa shape index (κ1) is 24.3. The lowest BCUT2D eigenvalue weighted by molar-refractivity contribution is -0.306. The normalized spacial score (nSPS) is 17.4. The Morgan fingerprint density at radius 1 is 1.39 bits per heavy atom. The van der Waals surface area contributed by atoms with Gasteiger partial charge in [0.1, 0.15) is 24.3 Å². The molecule has 1 fully saturated rings. The number of alkyl halides is 3. The molecule has 2 aliphatic rings. The number of rotatable bonds is 9. The number of hydrogen-bond acceptors (Lipinski definition) is 6. The molecule has 2 aliphatic carbocycles. The van der Waals surface area contributed by atoms with Crippen LogP contribution in [-0.2, 0) is 14.3 Å². The molecule has 0 radical (unpaired) electrons. The van der Waals surface area contributed by atoms with Gasteiger partial charge in [-0.15, -0.1) is 13.2 Å². The van der Waals surface area contributed by atoms with Gasteiger partial charge in [0.25, 0.3) is 0 Å². The van der Waals surface area contributed by atoms with E-state index in [1.54, 1.807) is 23.2 Å². The van der Waals surface area contributed by atoms with Gasteiger partial charge in [-0.1, -0.05) is 6.08 Å². The third kappa shape index (κ3) is 6.58. The van der Waals surface area contributed by atoms with E-state index in [2.05, 4.69) is 15.0 Å². The number of nitrogens with one attached hydrogen (secondary N) is 1. The molecule has 0 saturated heterocycles. The number of hydrogen-bond donors (Lipinski definition) is 1. The highest BCUT2D eigenvalue weighted by molar-refractivity contribution is 5.78. The fraction of sp³-hybridized carbons (Fsp3) is 0.435. The highest BCUT2D eigenvalue weighted by atomic mass is 19.4. The van der Waals surface area contributed by atoms with E-state index in [1.165, 1.54) is 18.5 Å². The average Bonchev–Trinajstić information content (AvgIpc) is 2.75. The Kier molecular flexibility index (Phi) is 7.76. The first-order valence-electron chi connectivity index (χ1n) is 10.6. The van der Waals surface area contributed by atoms with Crippen LogP contribution in [0.5, 0.6) is 0 Å². The van der Waals surface area contributed by atoms with Crippen LogP contribution in [0.1, 0.15) is 44.6 Å². The van der Waals surface area contributed by atoms with Crippen LogP contribution in [0.3, 0.4) is 0 Å². The van der Waals surface area contributed by atoms with Crippen LogP contribution >= 0.6 is 0 Å². The maximum Gasteiger partial charge on any atom is 0.572 e. The molecule has 1 aromatic heterocycles. The van der Waals surface area contributed by atoms with E-state index >= 15 is 0 Å². The topological polar surface area (TPSA) is 87.5 Å². The molecule has 1 heterocycles. The number of halogens is 3. The van der Waals surface area contributed by atoms with Crippen molar-refractivity contribution in [2.24, 2.45) is 0 Å². The van der Waals surface area contributed by atoms with Crippen LogP contribution in [0.4, 0.5) is 19.0 Å². The number of carbonyl (C=O) groups excluding carboxylic acids is 1. The Balaban J connectivity index is 1.54. The Morgan fingerprint density at radius 2 is 2.18 bits per heavy atom. The Labute approximate surface area is 190 Å². The number of aromatic nitrogens is 1. The lowest BCUT2D eigenvalue weighted by Crippen LogP contribution is -2.44. The van der Waals surface area contributed by atoms with Crippen LogP contribution in [0, 0.1) is 11.3 Å². The number of pyridine rings is 1. The maximum atomic E-state index is 12.6. The molecule has 0 aromatic carbocycles. The molecule has 3 rings (SSSR count). The molecule has 7 nitrogen and oxygen atoms in total. The van der Waals surface area contributed by atoms with Gasteiger partial charge in [0.15, 0.2) is 0 Å². The monoisotopic (exact) mass is 462 g/mol. The number of anilines is 1. The molecule has 1 aromatic rings. The summed E-state index contributed by atoms with van der Waals surface area (Å²) in [7, 11) is 0. The van der Waals surface area contributed by atoms with Crippen molar-refractivity contribution in [2.45, 2.75) is 51.0 Å². The smallest absolute Gasteiger partial charge is 0.410 e. The number of allylic oxidation sites excluding steroid dienone is 2. The molecule has 1 amide bonds. The van der Waals surface area contributed by atoms with Gasteiger partial charge in [-0.05, 0) is 56.4 Å². The number of amides is 1. The molecule has 0 spiro atoms. The van der Waals surface area contributed by atoms with E-state index in [0.29, 0.717) is 42.8 Å². The van der Waals surface area contributed by atoms with Crippen molar-refractivity contribution in [3.05, 3.63) is 59.8 Å². The van der Waals surface area contributed by atoms with E-state index in [0.717, 1.165) is 6.42 Å². The second-order valence-corrected chi connectivity index (χ2v) is 7.68. The largest absolute Gasteiger partial charge is 0.572 e. The van der Waals surface area contributed by atoms with Crippen molar-refractivity contribution >= 4 is 11.7 Å². The minimum Gasteiger partial charge on any atom is -0.410 e. The van der Waals surface area contributed by atoms with Crippen LogP contribution in [0.15, 0.2) is 54.2 Å². The van der Waals surface area contributed by atoms with E-state index in [1.807, 2.05) is 19.1 Å². The summed E-state index contributed by atoms with van der Waals surface area (Å²) in [5.41, 5.74) is 0.324. The highest BCUT2D eigenvalue weighted by Gasteiger charge is 2.42. The van der Waals surface area contributed by atoms with Crippen LogP contribution in [0.25, 0.3) is 0 Å². The Hall–Kier alpha value is -3.32. The molecule has 33 heavy (non-hydrogen) atoms. The van der Waals surface area contributed by atoms with Crippen LogP contribution in [-0.4, -0.2) is 36.0 Å². The van der Waals surface area contributed by atoms with Gasteiger partial charge < -0.3 is 19.7 Å². The summed E-state index contributed by atoms with van der Waals surface area (Å²) < 4.78 is 47.7. The van der Waals surface area contributed by atoms with Gasteiger partial charge in [-0.3, -0.25) is 4.79 Å². The molecule has 1 saturated carbocycles. The van der Waals surface area contributed by atoms with Gasteiger partial charge in [0, 0.05) is 31.6 Å². The quantitative estimate of drug-likeness (QED) is 0.584. The van der Waals surface area contributed by atoms with E-state index in [4.69, 9.17) is 10.00 Å². The second-order valence-electron chi connectivity index (χ2n) is 7.68. The predicted molar refractivity (Wildman–Crippen MR) is 114 cm³/mol. The zero-order valence-electron chi connectivity index (χ0n) is 18.2. The van der Waals surface area contributed by atoms with E-state index in [-0.39, 0.29) is 24.7 Å². The molecular formula is C23H25F3N4O3. The molecule has 1 N–H and O–H groups in total. The summed E-state index contributed by atoms with van der Waals surface area (Å²) in [6.45, 7) is 2.28. The third-order valence-electron chi connectivity index (χ3n) is 5.50. The van der Waals surface area contributed by atoms with Crippen LogP contribution < -0.4 is 10.2 Å². The average molecular weight is 462 g/mol. The fourth-order valence-electron chi connectivity index (χ4n) is 3.67. The number of nitrogens with zero attached hydrogens (tertiary/aromatic N) is 3. The minimum atomic E-state index is -4.73.